The van der Waals surface area contributed by atoms with Crippen LogP contribution in [0, 0.1) is 12.3 Å². The second kappa shape index (κ2) is 7.11. The SMILES string of the molecule is C#CCCCCCC(=O)Nc1ncc2[nH]ccc2c1Br. The van der Waals surface area contributed by atoms with Crippen molar-refractivity contribution in [3.8, 4) is 12.3 Å². The first-order valence-electron chi connectivity index (χ1n) is 6.57. The lowest BCUT2D eigenvalue weighted by Gasteiger charge is -2.07. The van der Waals surface area contributed by atoms with Gasteiger partial charge in [-0.2, -0.15) is 0 Å². The van der Waals surface area contributed by atoms with Crippen LogP contribution in [-0.2, 0) is 4.79 Å². The highest BCUT2D eigenvalue weighted by Gasteiger charge is 2.10. The summed E-state index contributed by atoms with van der Waals surface area (Å²) >= 11 is 3.47. The lowest BCUT2D eigenvalue weighted by atomic mass is 10.1. The zero-order valence-corrected chi connectivity index (χ0v) is 12.7. The van der Waals surface area contributed by atoms with Gasteiger partial charge in [0.1, 0.15) is 5.82 Å². The molecule has 0 aliphatic carbocycles. The molecule has 0 aromatic carbocycles. The molecule has 0 bridgehead atoms. The molecule has 4 nitrogen and oxygen atoms in total. The Morgan fingerprint density at radius 3 is 3.10 bits per heavy atom. The molecule has 2 heterocycles. The zero-order chi connectivity index (χ0) is 14.4. The number of carbonyl (C=O) groups excluding carboxylic acids is 1. The largest absolute Gasteiger partial charge is 0.360 e. The molecule has 0 aliphatic heterocycles. The first kappa shape index (κ1) is 14.6. The van der Waals surface area contributed by atoms with E-state index < -0.39 is 0 Å². The molecule has 1 amide bonds. The minimum atomic E-state index is -0.0196. The van der Waals surface area contributed by atoms with E-state index >= 15 is 0 Å². The summed E-state index contributed by atoms with van der Waals surface area (Å²) in [5.74, 6) is 3.14. The van der Waals surface area contributed by atoms with Gasteiger partial charge in [0, 0.05) is 24.4 Å². The molecule has 20 heavy (non-hydrogen) atoms. The Balaban J connectivity index is 1.89. The second-order valence-corrected chi connectivity index (χ2v) is 5.33. The summed E-state index contributed by atoms with van der Waals surface area (Å²) in [6, 6.07) is 1.94. The average Bonchev–Trinajstić information content (AvgIpc) is 2.91. The summed E-state index contributed by atoms with van der Waals surface area (Å²) in [4.78, 5) is 19.2. The van der Waals surface area contributed by atoms with Crippen molar-refractivity contribution in [2.45, 2.75) is 32.1 Å². The van der Waals surface area contributed by atoms with Crippen LogP contribution in [0.5, 0.6) is 0 Å². The summed E-state index contributed by atoms with van der Waals surface area (Å²) in [6.07, 6.45) is 12.8. The van der Waals surface area contributed by atoms with Gasteiger partial charge >= 0.3 is 0 Å². The van der Waals surface area contributed by atoms with Gasteiger partial charge in [-0.25, -0.2) is 4.98 Å². The number of aromatic nitrogens is 2. The van der Waals surface area contributed by atoms with Crippen LogP contribution in [0.15, 0.2) is 22.9 Å². The highest BCUT2D eigenvalue weighted by Crippen LogP contribution is 2.28. The molecule has 0 aliphatic rings. The molecule has 5 heteroatoms. The van der Waals surface area contributed by atoms with E-state index in [4.69, 9.17) is 6.42 Å². The van der Waals surface area contributed by atoms with E-state index in [0.717, 1.165) is 41.1 Å². The molecule has 0 radical (unpaired) electrons. The third-order valence-corrected chi connectivity index (χ3v) is 3.83. The fourth-order valence-corrected chi connectivity index (χ4v) is 2.51. The van der Waals surface area contributed by atoms with Crippen LogP contribution >= 0.6 is 15.9 Å². The maximum atomic E-state index is 11.9. The quantitative estimate of drug-likeness (QED) is 0.623. The lowest BCUT2D eigenvalue weighted by Crippen LogP contribution is -2.12. The number of fused-ring (bicyclic) bond motifs is 1. The first-order chi connectivity index (χ1) is 9.72. The van der Waals surface area contributed by atoms with E-state index in [1.54, 1.807) is 6.20 Å². The van der Waals surface area contributed by atoms with Gasteiger partial charge in [-0.1, -0.05) is 6.42 Å². The molecule has 2 rings (SSSR count). The zero-order valence-electron chi connectivity index (χ0n) is 11.1. The summed E-state index contributed by atoms with van der Waals surface area (Å²) < 4.78 is 0.803. The lowest BCUT2D eigenvalue weighted by molar-refractivity contribution is -0.116. The predicted molar refractivity (Wildman–Crippen MR) is 84.3 cm³/mol. The van der Waals surface area contributed by atoms with Crippen molar-refractivity contribution < 1.29 is 4.79 Å². The average molecular weight is 334 g/mol. The third-order valence-electron chi connectivity index (χ3n) is 3.03. The normalized spacial score (nSPS) is 10.4. The van der Waals surface area contributed by atoms with Crippen molar-refractivity contribution in [3.05, 3.63) is 22.9 Å². The Morgan fingerprint density at radius 2 is 2.30 bits per heavy atom. The Bertz CT molecular complexity index is 642. The number of rotatable bonds is 6. The Kier molecular flexibility index (Phi) is 5.19. The van der Waals surface area contributed by atoms with Gasteiger partial charge < -0.3 is 10.3 Å². The van der Waals surface area contributed by atoms with E-state index in [-0.39, 0.29) is 5.91 Å². The van der Waals surface area contributed by atoms with Gasteiger partial charge in [0.25, 0.3) is 0 Å². The Morgan fingerprint density at radius 1 is 1.45 bits per heavy atom. The second-order valence-electron chi connectivity index (χ2n) is 4.54. The number of hydrogen-bond acceptors (Lipinski definition) is 2. The molecule has 0 unspecified atom stereocenters. The molecular formula is C15H16BrN3O. The number of aromatic amines is 1. The third kappa shape index (κ3) is 3.61. The van der Waals surface area contributed by atoms with E-state index in [1.807, 2.05) is 12.3 Å². The molecule has 2 aromatic heterocycles. The number of nitrogens with one attached hydrogen (secondary N) is 2. The topological polar surface area (TPSA) is 57.8 Å². The number of carbonyl (C=O) groups is 1. The van der Waals surface area contributed by atoms with E-state index in [0.29, 0.717) is 12.2 Å². The highest BCUT2D eigenvalue weighted by atomic mass is 79.9. The molecule has 0 atom stereocenters. The van der Waals surface area contributed by atoms with E-state index in [2.05, 4.69) is 37.1 Å². The molecule has 104 valence electrons. The maximum Gasteiger partial charge on any atom is 0.225 e. The number of pyridine rings is 1. The van der Waals surface area contributed by atoms with Crippen molar-refractivity contribution in [3.63, 3.8) is 0 Å². The van der Waals surface area contributed by atoms with Crippen LogP contribution in [0.3, 0.4) is 0 Å². The van der Waals surface area contributed by atoms with Gasteiger partial charge in [0.05, 0.1) is 16.2 Å². The summed E-state index contributed by atoms with van der Waals surface area (Å²) in [6.45, 7) is 0. The van der Waals surface area contributed by atoms with E-state index in [9.17, 15) is 4.79 Å². The monoisotopic (exact) mass is 333 g/mol. The van der Waals surface area contributed by atoms with Gasteiger partial charge in [-0.3, -0.25) is 4.79 Å². The van der Waals surface area contributed by atoms with Crippen molar-refractivity contribution in [2.24, 2.45) is 0 Å². The number of terminal acetylenes is 1. The predicted octanol–water partition coefficient (Wildman–Crippen LogP) is 3.85. The number of nitrogens with zero attached hydrogens (tertiary/aromatic N) is 1. The number of H-pyrrole nitrogens is 1. The molecular weight excluding hydrogens is 318 g/mol. The minimum Gasteiger partial charge on any atom is -0.360 e. The summed E-state index contributed by atoms with van der Waals surface area (Å²) in [5, 5.41) is 3.84. The van der Waals surface area contributed by atoms with Crippen LogP contribution in [0.2, 0.25) is 0 Å². The first-order valence-corrected chi connectivity index (χ1v) is 7.36. The summed E-state index contributed by atoms with van der Waals surface area (Å²) in [7, 11) is 0. The van der Waals surface area contributed by atoms with Gasteiger partial charge in [0.15, 0.2) is 0 Å². The summed E-state index contributed by atoms with van der Waals surface area (Å²) in [5.41, 5.74) is 0.934. The molecule has 0 fully saturated rings. The number of unbranched alkanes of at least 4 members (excludes halogenated alkanes) is 3. The molecule has 0 saturated heterocycles. The fourth-order valence-electron chi connectivity index (χ4n) is 1.96. The number of hydrogen-bond donors (Lipinski definition) is 2. The molecule has 2 N–H and O–H groups in total. The van der Waals surface area contributed by atoms with E-state index in [1.165, 1.54) is 0 Å². The van der Waals surface area contributed by atoms with Crippen molar-refractivity contribution >= 4 is 38.6 Å². The van der Waals surface area contributed by atoms with Crippen molar-refractivity contribution in [2.75, 3.05) is 5.32 Å². The molecule has 0 spiro atoms. The van der Waals surface area contributed by atoms with Crippen molar-refractivity contribution in [1.29, 1.82) is 0 Å². The standard InChI is InChI=1S/C15H16BrN3O/c1-2-3-4-5-6-7-13(20)19-15-14(16)11-8-9-17-12(11)10-18-15/h1,8-10,17H,3-7H2,(H,18,19,20). The number of halogens is 1. The van der Waals surface area contributed by atoms with Crippen LogP contribution < -0.4 is 5.32 Å². The fraction of sp³-hybridized carbons (Fsp3) is 0.333. The maximum absolute atomic E-state index is 11.9. The van der Waals surface area contributed by atoms with Crippen LogP contribution in [0.4, 0.5) is 5.82 Å². The smallest absolute Gasteiger partial charge is 0.225 e. The van der Waals surface area contributed by atoms with Gasteiger partial charge in [0.2, 0.25) is 5.91 Å². The van der Waals surface area contributed by atoms with Crippen LogP contribution in [-0.4, -0.2) is 15.9 Å². The molecule has 2 aromatic rings. The number of anilines is 1. The van der Waals surface area contributed by atoms with Gasteiger partial charge in [-0.15, -0.1) is 12.3 Å². The number of amides is 1. The Labute approximate surface area is 126 Å². The highest BCUT2D eigenvalue weighted by molar-refractivity contribution is 9.10. The molecule has 0 saturated carbocycles. The minimum absolute atomic E-state index is 0.0196. The Hall–Kier alpha value is -1.80. The van der Waals surface area contributed by atoms with Crippen LogP contribution in [0.1, 0.15) is 32.1 Å². The van der Waals surface area contributed by atoms with Crippen molar-refractivity contribution in [1.82, 2.24) is 9.97 Å². The van der Waals surface area contributed by atoms with Gasteiger partial charge in [-0.05, 0) is 34.8 Å². The van der Waals surface area contributed by atoms with Crippen LogP contribution in [0.25, 0.3) is 10.9 Å².